The fraction of sp³-hybridized carbons (Fsp3) is 0.526. The molecule has 1 saturated carbocycles. The minimum absolute atomic E-state index is 0.226. The highest BCUT2D eigenvalue weighted by molar-refractivity contribution is 7.99. The molecule has 1 fully saturated rings. The lowest BCUT2D eigenvalue weighted by molar-refractivity contribution is -0.131. The van der Waals surface area contributed by atoms with Crippen LogP contribution in [0.15, 0.2) is 29.3 Å². The predicted octanol–water partition coefficient (Wildman–Crippen LogP) is 4.21. The van der Waals surface area contributed by atoms with Gasteiger partial charge in [0.05, 0.1) is 22.5 Å². The number of thioether (sulfide) groups is 1. The maximum Gasteiger partial charge on any atom is 0.233 e. The molecule has 5 heteroatoms. The van der Waals surface area contributed by atoms with Gasteiger partial charge < -0.3 is 4.90 Å². The summed E-state index contributed by atoms with van der Waals surface area (Å²) in [6.07, 6.45) is 6.11. The summed E-state index contributed by atoms with van der Waals surface area (Å²) >= 11 is 1.51. The summed E-state index contributed by atoms with van der Waals surface area (Å²) in [7, 11) is 0. The minimum atomic E-state index is 0.226. The van der Waals surface area contributed by atoms with Gasteiger partial charge in [0.2, 0.25) is 5.91 Å². The first-order valence-electron chi connectivity index (χ1n) is 8.84. The van der Waals surface area contributed by atoms with Crippen molar-refractivity contribution in [2.24, 2.45) is 0 Å². The van der Waals surface area contributed by atoms with Gasteiger partial charge in [-0.05, 0) is 38.8 Å². The average Bonchev–Trinajstić information content (AvgIpc) is 2.61. The third-order valence-electron chi connectivity index (χ3n) is 4.71. The molecule has 1 amide bonds. The largest absolute Gasteiger partial charge is 0.339 e. The molecule has 1 aromatic heterocycles. The molecule has 4 nitrogen and oxygen atoms in total. The van der Waals surface area contributed by atoms with E-state index in [1.165, 1.54) is 31.0 Å². The maximum absolute atomic E-state index is 12.7. The van der Waals surface area contributed by atoms with Gasteiger partial charge in [-0.15, -0.1) is 0 Å². The number of carbonyl (C=O) groups is 1. The Kier molecular flexibility index (Phi) is 5.72. The van der Waals surface area contributed by atoms with E-state index in [9.17, 15) is 4.79 Å². The van der Waals surface area contributed by atoms with Crippen LogP contribution < -0.4 is 0 Å². The molecule has 0 unspecified atom stereocenters. The minimum Gasteiger partial charge on any atom is -0.339 e. The molecule has 1 heterocycles. The molecule has 0 bridgehead atoms. The normalized spacial score (nSPS) is 15.6. The van der Waals surface area contributed by atoms with E-state index in [1.54, 1.807) is 0 Å². The molecule has 0 atom stereocenters. The molecule has 0 N–H and O–H groups in total. The van der Waals surface area contributed by atoms with E-state index < -0.39 is 0 Å². The topological polar surface area (TPSA) is 46.1 Å². The highest BCUT2D eigenvalue weighted by Crippen LogP contribution is 2.25. The lowest BCUT2D eigenvalue weighted by Gasteiger charge is -2.33. The van der Waals surface area contributed by atoms with Crippen molar-refractivity contribution >= 4 is 28.7 Å². The Hall–Kier alpha value is -1.62. The third kappa shape index (κ3) is 3.89. The zero-order valence-corrected chi connectivity index (χ0v) is 15.3. The SMILES string of the molecule is CCN(C(=O)CSc1nc2ccccc2nc1C)C1CCCCC1. The Bertz CT molecular complexity index is 713. The Balaban J connectivity index is 1.67. The third-order valence-corrected chi connectivity index (χ3v) is 5.76. The molecule has 0 spiro atoms. The maximum atomic E-state index is 12.7. The fourth-order valence-electron chi connectivity index (χ4n) is 3.45. The van der Waals surface area contributed by atoms with Crippen molar-refractivity contribution in [1.82, 2.24) is 14.9 Å². The quantitative estimate of drug-likeness (QED) is 0.763. The van der Waals surface area contributed by atoms with Crippen LogP contribution in [-0.4, -0.2) is 39.1 Å². The van der Waals surface area contributed by atoms with Gasteiger partial charge in [0.1, 0.15) is 5.03 Å². The molecular formula is C19H25N3OS. The van der Waals surface area contributed by atoms with Crippen molar-refractivity contribution in [3.8, 4) is 0 Å². The number of hydrogen-bond acceptors (Lipinski definition) is 4. The zero-order valence-electron chi connectivity index (χ0n) is 14.5. The summed E-state index contributed by atoms with van der Waals surface area (Å²) in [4.78, 5) is 24.0. The van der Waals surface area contributed by atoms with Crippen LogP contribution in [0.2, 0.25) is 0 Å². The Morgan fingerprint density at radius 2 is 1.83 bits per heavy atom. The lowest BCUT2D eigenvalue weighted by Crippen LogP contribution is -2.42. The van der Waals surface area contributed by atoms with Crippen molar-refractivity contribution in [2.75, 3.05) is 12.3 Å². The molecule has 2 aromatic rings. The van der Waals surface area contributed by atoms with Crippen molar-refractivity contribution in [3.05, 3.63) is 30.0 Å². The van der Waals surface area contributed by atoms with E-state index in [1.807, 2.05) is 31.2 Å². The van der Waals surface area contributed by atoms with Crippen LogP contribution in [0.5, 0.6) is 0 Å². The number of benzene rings is 1. The van der Waals surface area contributed by atoms with E-state index in [4.69, 9.17) is 0 Å². The Morgan fingerprint density at radius 1 is 1.17 bits per heavy atom. The van der Waals surface area contributed by atoms with E-state index in [0.29, 0.717) is 11.8 Å². The molecule has 1 aliphatic carbocycles. The van der Waals surface area contributed by atoms with Gasteiger partial charge in [0.25, 0.3) is 0 Å². The van der Waals surface area contributed by atoms with Gasteiger partial charge in [-0.3, -0.25) is 4.79 Å². The Morgan fingerprint density at radius 3 is 2.50 bits per heavy atom. The van der Waals surface area contributed by atoms with Gasteiger partial charge in [-0.1, -0.05) is 43.2 Å². The second-order valence-electron chi connectivity index (χ2n) is 6.36. The second kappa shape index (κ2) is 7.97. The predicted molar refractivity (Wildman–Crippen MR) is 99.3 cm³/mol. The summed E-state index contributed by atoms with van der Waals surface area (Å²) in [6, 6.07) is 8.30. The molecule has 1 aromatic carbocycles. The molecule has 24 heavy (non-hydrogen) atoms. The number of fused-ring (bicyclic) bond motifs is 1. The molecule has 0 radical (unpaired) electrons. The molecule has 3 rings (SSSR count). The fourth-order valence-corrected chi connectivity index (χ4v) is 4.30. The summed E-state index contributed by atoms with van der Waals surface area (Å²) < 4.78 is 0. The smallest absolute Gasteiger partial charge is 0.233 e. The van der Waals surface area contributed by atoms with E-state index in [0.717, 1.165) is 41.1 Å². The molecule has 0 aliphatic heterocycles. The highest BCUT2D eigenvalue weighted by atomic mass is 32.2. The van der Waals surface area contributed by atoms with E-state index in [-0.39, 0.29) is 5.91 Å². The van der Waals surface area contributed by atoms with Gasteiger partial charge in [-0.25, -0.2) is 9.97 Å². The number of para-hydroxylation sites is 2. The van der Waals surface area contributed by atoms with Crippen LogP contribution >= 0.6 is 11.8 Å². The Labute approximate surface area is 148 Å². The highest BCUT2D eigenvalue weighted by Gasteiger charge is 2.24. The number of aromatic nitrogens is 2. The number of hydrogen-bond donors (Lipinski definition) is 0. The number of nitrogens with zero attached hydrogens (tertiary/aromatic N) is 3. The number of aryl methyl sites for hydroxylation is 1. The van der Waals surface area contributed by atoms with Crippen LogP contribution in [0.3, 0.4) is 0 Å². The van der Waals surface area contributed by atoms with Crippen molar-refractivity contribution in [1.29, 1.82) is 0 Å². The summed E-state index contributed by atoms with van der Waals surface area (Å²) in [6.45, 7) is 4.84. The van der Waals surface area contributed by atoms with Gasteiger partial charge >= 0.3 is 0 Å². The zero-order chi connectivity index (χ0) is 16.9. The van der Waals surface area contributed by atoms with Crippen molar-refractivity contribution in [3.63, 3.8) is 0 Å². The van der Waals surface area contributed by atoms with Crippen LogP contribution in [0.1, 0.15) is 44.7 Å². The first-order chi connectivity index (χ1) is 11.7. The number of rotatable bonds is 5. The van der Waals surface area contributed by atoms with Crippen LogP contribution in [-0.2, 0) is 4.79 Å². The summed E-state index contributed by atoms with van der Waals surface area (Å²) in [5, 5.41) is 0.863. The van der Waals surface area contributed by atoms with E-state index >= 15 is 0 Å². The first-order valence-corrected chi connectivity index (χ1v) is 9.83. The number of amides is 1. The average molecular weight is 343 g/mol. The molecule has 0 saturated heterocycles. The molecule has 1 aliphatic rings. The van der Waals surface area contributed by atoms with Gasteiger partial charge in [-0.2, -0.15) is 0 Å². The van der Waals surface area contributed by atoms with Crippen LogP contribution in [0.4, 0.5) is 0 Å². The first kappa shape index (κ1) is 17.2. The number of carbonyl (C=O) groups excluding carboxylic acids is 1. The summed E-state index contributed by atoms with van der Waals surface area (Å²) in [5.74, 6) is 0.668. The van der Waals surface area contributed by atoms with Crippen molar-refractivity contribution in [2.45, 2.75) is 57.0 Å². The molecule has 128 valence electrons. The second-order valence-corrected chi connectivity index (χ2v) is 7.33. The molecular weight excluding hydrogens is 318 g/mol. The van der Waals surface area contributed by atoms with Crippen LogP contribution in [0.25, 0.3) is 11.0 Å². The van der Waals surface area contributed by atoms with Crippen LogP contribution in [0, 0.1) is 6.92 Å². The summed E-state index contributed by atoms with van der Waals surface area (Å²) in [5.41, 5.74) is 2.69. The van der Waals surface area contributed by atoms with Crippen molar-refractivity contribution < 1.29 is 4.79 Å². The van der Waals surface area contributed by atoms with Gasteiger partial charge in [0.15, 0.2) is 0 Å². The van der Waals surface area contributed by atoms with E-state index in [2.05, 4.69) is 21.8 Å². The monoisotopic (exact) mass is 343 g/mol. The van der Waals surface area contributed by atoms with Gasteiger partial charge in [0, 0.05) is 12.6 Å². The lowest BCUT2D eigenvalue weighted by atomic mass is 9.94. The standard InChI is InChI=1S/C19H25N3OS/c1-3-22(15-9-5-4-6-10-15)18(23)13-24-19-14(2)20-16-11-7-8-12-17(16)21-19/h7-8,11-12,15H,3-6,9-10,13H2,1-2H3.